The van der Waals surface area contributed by atoms with Crippen LogP contribution in [0.5, 0.6) is 0 Å². The van der Waals surface area contributed by atoms with Gasteiger partial charge in [-0.05, 0) is 12.0 Å². The lowest BCUT2D eigenvalue weighted by atomic mass is 10.0. The van der Waals surface area contributed by atoms with E-state index in [0.29, 0.717) is 0 Å². The molecule has 0 saturated carbocycles. The summed E-state index contributed by atoms with van der Waals surface area (Å²) in [5.41, 5.74) is 1.29. The van der Waals surface area contributed by atoms with Crippen molar-refractivity contribution in [3.05, 3.63) is 35.9 Å². The Bertz CT molecular complexity index is 296. The third kappa shape index (κ3) is 3.04. The fraction of sp³-hybridized carbons (Fsp3) is 0.538. The van der Waals surface area contributed by atoms with E-state index in [-0.39, 0.29) is 12.6 Å². The zero-order valence-electron chi connectivity index (χ0n) is 9.51. The van der Waals surface area contributed by atoms with Crippen molar-refractivity contribution in [2.75, 3.05) is 32.9 Å². The van der Waals surface area contributed by atoms with E-state index in [1.54, 1.807) is 0 Å². The molecule has 0 bridgehead atoms. The zero-order chi connectivity index (χ0) is 11.2. The van der Waals surface area contributed by atoms with Gasteiger partial charge in [0.2, 0.25) is 0 Å². The molecule has 2 rings (SSSR count). The van der Waals surface area contributed by atoms with Gasteiger partial charge in [0.05, 0.1) is 19.8 Å². The van der Waals surface area contributed by atoms with E-state index >= 15 is 0 Å². The van der Waals surface area contributed by atoms with E-state index in [9.17, 15) is 5.11 Å². The first-order valence-corrected chi connectivity index (χ1v) is 5.86. The number of ether oxygens (including phenoxy) is 1. The van der Waals surface area contributed by atoms with Crippen LogP contribution in [0.2, 0.25) is 0 Å². The van der Waals surface area contributed by atoms with E-state index in [0.717, 1.165) is 32.7 Å². The summed E-state index contributed by atoms with van der Waals surface area (Å²) in [5, 5.41) is 9.46. The average molecular weight is 221 g/mol. The molecule has 1 fully saturated rings. The Kier molecular flexibility index (Phi) is 4.34. The van der Waals surface area contributed by atoms with Gasteiger partial charge in [-0.25, -0.2) is 0 Å². The maximum atomic E-state index is 9.46. The summed E-state index contributed by atoms with van der Waals surface area (Å²) < 4.78 is 5.32. The van der Waals surface area contributed by atoms with Crippen LogP contribution in [0.25, 0.3) is 0 Å². The highest BCUT2D eigenvalue weighted by atomic mass is 16.5. The molecule has 16 heavy (non-hydrogen) atoms. The highest BCUT2D eigenvalue weighted by Gasteiger charge is 2.20. The molecule has 0 radical (unpaired) electrons. The van der Waals surface area contributed by atoms with E-state index in [4.69, 9.17) is 4.74 Å². The molecular formula is C13H19NO2. The van der Waals surface area contributed by atoms with Gasteiger partial charge in [-0.3, -0.25) is 4.90 Å². The summed E-state index contributed by atoms with van der Waals surface area (Å²) in [5.74, 6) is 0. The molecule has 3 nitrogen and oxygen atoms in total. The van der Waals surface area contributed by atoms with Gasteiger partial charge in [-0.1, -0.05) is 30.3 Å². The van der Waals surface area contributed by atoms with Crippen molar-refractivity contribution in [3.8, 4) is 0 Å². The number of aliphatic hydroxyl groups excluding tert-OH is 1. The smallest absolute Gasteiger partial charge is 0.0594 e. The highest BCUT2D eigenvalue weighted by molar-refractivity contribution is 5.16. The largest absolute Gasteiger partial charge is 0.395 e. The molecule has 88 valence electrons. The Morgan fingerprint density at radius 3 is 2.50 bits per heavy atom. The predicted molar refractivity (Wildman–Crippen MR) is 63.4 cm³/mol. The quantitative estimate of drug-likeness (QED) is 0.820. The van der Waals surface area contributed by atoms with Crippen LogP contribution >= 0.6 is 0 Å². The van der Waals surface area contributed by atoms with E-state index in [2.05, 4.69) is 17.0 Å². The second-order valence-corrected chi connectivity index (χ2v) is 4.17. The minimum absolute atomic E-state index is 0.217. The normalized spacial score (nSPS) is 19.6. The van der Waals surface area contributed by atoms with E-state index in [1.165, 1.54) is 5.56 Å². The van der Waals surface area contributed by atoms with Crippen molar-refractivity contribution in [1.29, 1.82) is 0 Å². The molecule has 1 aliphatic heterocycles. The molecule has 0 amide bonds. The maximum absolute atomic E-state index is 9.46. The summed E-state index contributed by atoms with van der Waals surface area (Å²) >= 11 is 0. The van der Waals surface area contributed by atoms with Gasteiger partial charge in [0.25, 0.3) is 0 Å². The predicted octanol–water partition coefficient (Wildman–Crippen LogP) is 0.922. The Balaban J connectivity index is 1.94. The molecule has 1 aromatic carbocycles. The standard InChI is InChI=1S/C13H19NO2/c15-11-13(14-6-8-16-9-7-14)10-12-4-2-1-3-5-12/h1-5,13,15H,6-11H2/t13-/m0/s1. The van der Waals surface area contributed by atoms with Crippen molar-refractivity contribution in [2.24, 2.45) is 0 Å². The van der Waals surface area contributed by atoms with Crippen molar-refractivity contribution in [3.63, 3.8) is 0 Å². The van der Waals surface area contributed by atoms with Crippen LogP contribution in [0.15, 0.2) is 30.3 Å². The van der Waals surface area contributed by atoms with Crippen molar-refractivity contribution in [2.45, 2.75) is 12.5 Å². The molecule has 0 unspecified atom stereocenters. The molecule has 1 atom stereocenters. The minimum atomic E-state index is 0.217. The molecule has 0 aliphatic carbocycles. The van der Waals surface area contributed by atoms with Gasteiger partial charge < -0.3 is 9.84 Å². The summed E-state index contributed by atoms with van der Waals surface area (Å²) in [6.45, 7) is 3.64. The Morgan fingerprint density at radius 1 is 1.19 bits per heavy atom. The Hall–Kier alpha value is -0.900. The SMILES string of the molecule is OC[C@H](Cc1ccccc1)N1CCOCC1. The van der Waals surface area contributed by atoms with Gasteiger partial charge >= 0.3 is 0 Å². The first kappa shape index (κ1) is 11.6. The van der Waals surface area contributed by atoms with Crippen LogP contribution in [0, 0.1) is 0 Å². The van der Waals surface area contributed by atoms with Gasteiger partial charge in [0.15, 0.2) is 0 Å². The number of hydrogen-bond donors (Lipinski definition) is 1. The third-order valence-corrected chi connectivity index (χ3v) is 3.09. The Morgan fingerprint density at radius 2 is 1.88 bits per heavy atom. The fourth-order valence-corrected chi connectivity index (χ4v) is 2.14. The maximum Gasteiger partial charge on any atom is 0.0594 e. The summed E-state index contributed by atoms with van der Waals surface area (Å²) in [7, 11) is 0. The second kappa shape index (κ2) is 5.99. The average Bonchev–Trinajstić information content (AvgIpc) is 2.38. The monoisotopic (exact) mass is 221 g/mol. The molecule has 1 aliphatic rings. The van der Waals surface area contributed by atoms with Crippen LogP contribution in [-0.4, -0.2) is 49.0 Å². The fourth-order valence-electron chi connectivity index (χ4n) is 2.14. The van der Waals surface area contributed by atoms with Crippen LogP contribution in [-0.2, 0) is 11.2 Å². The lowest BCUT2D eigenvalue weighted by Crippen LogP contribution is -2.46. The Labute approximate surface area is 96.6 Å². The second-order valence-electron chi connectivity index (χ2n) is 4.17. The minimum Gasteiger partial charge on any atom is -0.395 e. The van der Waals surface area contributed by atoms with Gasteiger partial charge in [-0.15, -0.1) is 0 Å². The summed E-state index contributed by atoms with van der Waals surface area (Å²) in [4.78, 5) is 2.32. The molecule has 1 N–H and O–H groups in total. The number of nitrogens with zero attached hydrogens (tertiary/aromatic N) is 1. The van der Waals surface area contributed by atoms with Crippen LogP contribution in [0.4, 0.5) is 0 Å². The van der Waals surface area contributed by atoms with Crippen LogP contribution in [0.3, 0.4) is 0 Å². The first-order valence-electron chi connectivity index (χ1n) is 5.86. The molecular weight excluding hydrogens is 202 g/mol. The zero-order valence-corrected chi connectivity index (χ0v) is 9.51. The molecule has 1 heterocycles. The van der Waals surface area contributed by atoms with Gasteiger partial charge in [-0.2, -0.15) is 0 Å². The molecule has 0 aromatic heterocycles. The lowest BCUT2D eigenvalue weighted by molar-refractivity contribution is 0.00341. The lowest BCUT2D eigenvalue weighted by Gasteiger charge is -2.33. The van der Waals surface area contributed by atoms with E-state index in [1.807, 2.05) is 18.2 Å². The van der Waals surface area contributed by atoms with Gasteiger partial charge in [0.1, 0.15) is 0 Å². The highest BCUT2D eigenvalue weighted by Crippen LogP contribution is 2.10. The van der Waals surface area contributed by atoms with Crippen molar-refractivity contribution >= 4 is 0 Å². The number of aliphatic hydroxyl groups is 1. The first-order chi connectivity index (χ1) is 7.90. The molecule has 1 aromatic rings. The summed E-state index contributed by atoms with van der Waals surface area (Å²) in [6, 6.07) is 10.6. The molecule has 3 heteroatoms. The third-order valence-electron chi connectivity index (χ3n) is 3.09. The number of benzene rings is 1. The van der Waals surface area contributed by atoms with Crippen LogP contribution in [0.1, 0.15) is 5.56 Å². The van der Waals surface area contributed by atoms with E-state index < -0.39 is 0 Å². The number of hydrogen-bond acceptors (Lipinski definition) is 3. The van der Waals surface area contributed by atoms with Crippen LogP contribution < -0.4 is 0 Å². The topological polar surface area (TPSA) is 32.7 Å². The number of rotatable bonds is 4. The summed E-state index contributed by atoms with van der Waals surface area (Å²) in [6.07, 6.45) is 0.914. The molecule has 1 saturated heterocycles. The van der Waals surface area contributed by atoms with Crippen molar-refractivity contribution in [1.82, 2.24) is 4.90 Å². The van der Waals surface area contributed by atoms with Gasteiger partial charge in [0, 0.05) is 19.1 Å². The van der Waals surface area contributed by atoms with Crippen molar-refractivity contribution < 1.29 is 9.84 Å². The molecule has 0 spiro atoms. The number of morpholine rings is 1.